The average Bonchev–Trinajstić information content (AvgIpc) is 2.11. The van der Waals surface area contributed by atoms with Gasteiger partial charge >= 0.3 is 5.97 Å². The maximum atomic E-state index is 10.5. The lowest BCUT2D eigenvalue weighted by atomic mass is 10.1. The van der Waals surface area contributed by atoms with Crippen LogP contribution in [0.2, 0.25) is 0 Å². The molecule has 0 heterocycles. The van der Waals surface area contributed by atoms with Crippen molar-refractivity contribution in [1.29, 1.82) is 0 Å². The largest absolute Gasteiger partial charge is 0.452 e. The van der Waals surface area contributed by atoms with Gasteiger partial charge in [0.2, 0.25) is 0 Å². The molecule has 0 fully saturated rings. The van der Waals surface area contributed by atoms with Crippen LogP contribution in [0.1, 0.15) is 13.8 Å². The molecule has 0 amide bonds. The molecular formula is C8H14O6. The monoisotopic (exact) mass is 206 g/mol. The van der Waals surface area contributed by atoms with Gasteiger partial charge in [0.1, 0.15) is 12.2 Å². The van der Waals surface area contributed by atoms with Crippen LogP contribution in [0.15, 0.2) is 0 Å². The topological polar surface area (TPSA) is 104 Å². The van der Waals surface area contributed by atoms with Crippen LogP contribution >= 0.6 is 0 Å². The molecule has 0 aliphatic heterocycles. The van der Waals surface area contributed by atoms with Gasteiger partial charge in [0.25, 0.3) is 0 Å². The molecule has 6 nitrogen and oxygen atoms in total. The van der Waals surface area contributed by atoms with Crippen LogP contribution in [0, 0.1) is 0 Å². The van der Waals surface area contributed by atoms with Gasteiger partial charge in [0, 0.05) is 6.92 Å². The number of esters is 1. The molecule has 0 bridgehead atoms. The van der Waals surface area contributed by atoms with Gasteiger partial charge in [-0.3, -0.25) is 9.59 Å². The number of rotatable bonds is 5. The molecule has 0 aliphatic carbocycles. The van der Waals surface area contributed by atoms with E-state index in [0.717, 1.165) is 6.92 Å². The van der Waals surface area contributed by atoms with E-state index in [0.29, 0.717) is 0 Å². The summed E-state index contributed by atoms with van der Waals surface area (Å²) in [5, 5.41) is 27.3. The maximum Gasteiger partial charge on any atom is 0.303 e. The van der Waals surface area contributed by atoms with Crippen LogP contribution in [0.3, 0.4) is 0 Å². The number of ether oxygens (including phenoxy) is 1. The lowest BCUT2D eigenvalue weighted by molar-refractivity contribution is -0.164. The summed E-state index contributed by atoms with van der Waals surface area (Å²) in [4.78, 5) is 20.9. The molecule has 6 heteroatoms. The van der Waals surface area contributed by atoms with E-state index in [1.165, 1.54) is 6.92 Å². The van der Waals surface area contributed by atoms with E-state index in [1.54, 1.807) is 0 Å². The first-order chi connectivity index (χ1) is 6.40. The summed E-state index contributed by atoms with van der Waals surface area (Å²) < 4.78 is 4.40. The minimum atomic E-state index is -1.63. The molecule has 0 rings (SSSR count). The first-order valence-electron chi connectivity index (χ1n) is 4.06. The Balaban J connectivity index is 4.36. The smallest absolute Gasteiger partial charge is 0.303 e. The maximum absolute atomic E-state index is 10.5. The summed E-state index contributed by atoms with van der Waals surface area (Å²) in [6, 6.07) is 0. The predicted molar refractivity (Wildman–Crippen MR) is 45.3 cm³/mol. The van der Waals surface area contributed by atoms with Gasteiger partial charge in [-0.1, -0.05) is 0 Å². The van der Waals surface area contributed by atoms with Gasteiger partial charge < -0.3 is 20.1 Å². The molecule has 82 valence electrons. The number of aliphatic hydroxyl groups is 3. The van der Waals surface area contributed by atoms with Crippen molar-refractivity contribution in [3.05, 3.63) is 0 Å². The first-order valence-corrected chi connectivity index (χ1v) is 4.06. The zero-order valence-corrected chi connectivity index (χ0v) is 7.95. The Hall–Kier alpha value is -0.980. The highest BCUT2D eigenvalue weighted by atomic mass is 16.6. The number of hydrogen-bond acceptors (Lipinski definition) is 6. The summed E-state index contributed by atoms with van der Waals surface area (Å²) in [6.45, 7) is 2.31. The number of aldehydes is 1. The Labute approximate surface area is 81.1 Å². The van der Waals surface area contributed by atoms with Gasteiger partial charge in [-0.15, -0.1) is 0 Å². The van der Waals surface area contributed by atoms with Crippen LogP contribution in [-0.4, -0.2) is 52.0 Å². The molecule has 0 saturated heterocycles. The third-order valence-electron chi connectivity index (χ3n) is 1.62. The first kappa shape index (κ1) is 13.0. The van der Waals surface area contributed by atoms with Crippen molar-refractivity contribution in [3.8, 4) is 0 Å². The van der Waals surface area contributed by atoms with E-state index >= 15 is 0 Å². The second-order valence-corrected chi connectivity index (χ2v) is 2.93. The molecule has 0 aromatic heterocycles. The van der Waals surface area contributed by atoms with Crippen LogP contribution in [0.5, 0.6) is 0 Å². The summed E-state index contributed by atoms with van der Waals surface area (Å²) in [6.07, 6.45) is -5.65. The molecule has 3 N–H and O–H groups in total. The van der Waals surface area contributed by atoms with E-state index in [1.807, 2.05) is 0 Å². The van der Waals surface area contributed by atoms with Gasteiger partial charge in [-0.2, -0.15) is 0 Å². The van der Waals surface area contributed by atoms with Gasteiger partial charge in [0.05, 0.1) is 6.10 Å². The van der Waals surface area contributed by atoms with E-state index in [4.69, 9.17) is 10.2 Å². The second kappa shape index (κ2) is 5.69. The Kier molecular flexibility index (Phi) is 5.29. The fourth-order valence-electron chi connectivity index (χ4n) is 0.849. The Morgan fingerprint density at radius 3 is 2.07 bits per heavy atom. The SMILES string of the molecule is CC(=O)O[C@@H](C=O)[C@@H](O)[C@@H](O)[C@@H](C)O. The average molecular weight is 206 g/mol. The van der Waals surface area contributed by atoms with Crippen LogP contribution in [-0.2, 0) is 14.3 Å². The minimum absolute atomic E-state index is 0.192. The van der Waals surface area contributed by atoms with E-state index in [-0.39, 0.29) is 6.29 Å². The van der Waals surface area contributed by atoms with Crippen molar-refractivity contribution in [1.82, 2.24) is 0 Å². The van der Waals surface area contributed by atoms with Crippen LogP contribution < -0.4 is 0 Å². The third kappa shape index (κ3) is 3.82. The van der Waals surface area contributed by atoms with Crippen molar-refractivity contribution in [2.24, 2.45) is 0 Å². The van der Waals surface area contributed by atoms with Crippen molar-refractivity contribution in [3.63, 3.8) is 0 Å². The number of carbonyl (C=O) groups is 2. The van der Waals surface area contributed by atoms with Crippen molar-refractivity contribution in [2.75, 3.05) is 0 Å². The predicted octanol–water partition coefficient (Wildman–Crippen LogP) is -1.78. The molecular weight excluding hydrogens is 192 g/mol. The molecule has 0 unspecified atom stereocenters. The van der Waals surface area contributed by atoms with Crippen molar-refractivity contribution < 1.29 is 29.6 Å². The fraction of sp³-hybridized carbons (Fsp3) is 0.750. The Morgan fingerprint density at radius 2 is 1.79 bits per heavy atom. The Morgan fingerprint density at radius 1 is 1.29 bits per heavy atom. The molecule has 14 heavy (non-hydrogen) atoms. The van der Waals surface area contributed by atoms with Crippen LogP contribution in [0.25, 0.3) is 0 Å². The van der Waals surface area contributed by atoms with Crippen LogP contribution in [0.4, 0.5) is 0 Å². The van der Waals surface area contributed by atoms with E-state index in [9.17, 15) is 14.7 Å². The molecule has 0 saturated carbocycles. The number of aliphatic hydroxyl groups excluding tert-OH is 3. The number of carbonyl (C=O) groups excluding carboxylic acids is 2. The Bertz CT molecular complexity index is 202. The lowest BCUT2D eigenvalue weighted by Gasteiger charge is -2.24. The quantitative estimate of drug-likeness (QED) is 0.363. The normalized spacial score (nSPS) is 19.2. The van der Waals surface area contributed by atoms with Gasteiger partial charge in [0.15, 0.2) is 12.4 Å². The second-order valence-electron chi connectivity index (χ2n) is 2.93. The molecule has 0 aromatic rings. The zero-order valence-electron chi connectivity index (χ0n) is 7.95. The van der Waals surface area contributed by atoms with Gasteiger partial charge in [-0.05, 0) is 6.92 Å². The van der Waals surface area contributed by atoms with E-state index < -0.39 is 30.4 Å². The molecule has 4 atom stereocenters. The van der Waals surface area contributed by atoms with Gasteiger partial charge in [-0.25, -0.2) is 0 Å². The summed E-state index contributed by atoms with van der Waals surface area (Å²) in [7, 11) is 0. The fourth-order valence-corrected chi connectivity index (χ4v) is 0.849. The highest BCUT2D eigenvalue weighted by molar-refractivity contribution is 5.70. The third-order valence-corrected chi connectivity index (χ3v) is 1.62. The highest BCUT2D eigenvalue weighted by Gasteiger charge is 2.31. The summed E-state index contributed by atoms with van der Waals surface area (Å²) in [5.74, 6) is -0.751. The molecule has 0 radical (unpaired) electrons. The molecule has 0 aliphatic rings. The standard InChI is InChI=1S/C8H14O6/c1-4(10)7(12)8(13)6(3-9)14-5(2)11/h3-4,6-8,10,12-13H,1-2H3/t4-,6+,7+,8-/m1/s1. The van der Waals surface area contributed by atoms with Crippen molar-refractivity contribution >= 4 is 12.3 Å². The highest BCUT2D eigenvalue weighted by Crippen LogP contribution is 2.06. The molecule has 0 aromatic carbocycles. The zero-order chi connectivity index (χ0) is 11.3. The summed E-state index contributed by atoms with van der Waals surface area (Å²) in [5.41, 5.74) is 0. The lowest BCUT2D eigenvalue weighted by Crippen LogP contribution is -2.45. The van der Waals surface area contributed by atoms with E-state index in [2.05, 4.69) is 4.74 Å². The number of hydrogen-bond donors (Lipinski definition) is 3. The minimum Gasteiger partial charge on any atom is -0.452 e. The van der Waals surface area contributed by atoms with Crippen molar-refractivity contribution in [2.45, 2.75) is 38.3 Å². The molecule has 0 spiro atoms. The summed E-state index contributed by atoms with van der Waals surface area (Å²) >= 11 is 0.